The Bertz CT molecular complexity index is 1110. The van der Waals surface area contributed by atoms with Gasteiger partial charge in [-0.25, -0.2) is 0 Å². The van der Waals surface area contributed by atoms with E-state index >= 15 is 0 Å². The quantitative estimate of drug-likeness (QED) is 0.564. The molecule has 1 spiro atoms. The van der Waals surface area contributed by atoms with Crippen LogP contribution in [0.15, 0.2) is 11.6 Å². The van der Waals surface area contributed by atoms with E-state index in [9.17, 15) is 17.1 Å². The Kier molecular flexibility index (Phi) is 2.97. The molecule has 0 radical (unpaired) electrons. The van der Waals surface area contributed by atoms with Gasteiger partial charge in [0.05, 0.1) is 1.37 Å². The number of carbonyl (C=O) groups excluding carboxylic acids is 3. The van der Waals surface area contributed by atoms with Crippen LogP contribution in [0.1, 0.15) is 88.0 Å². The highest BCUT2D eigenvalue weighted by Gasteiger charge is 2.68. The van der Waals surface area contributed by atoms with Crippen molar-refractivity contribution in [2.45, 2.75) is 89.3 Å². The summed E-state index contributed by atoms with van der Waals surface area (Å²) < 4.78 is 66.3. The van der Waals surface area contributed by atoms with Gasteiger partial charge in [-0.05, 0) is 74.1 Å². The minimum Gasteiger partial charge on any atom is -0.458 e. The minimum atomic E-state index is -2.26. The lowest BCUT2D eigenvalue weighted by Crippen LogP contribution is -2.57. The number of rotatable bonds is 1. The third kappa shape index (κ3) is 2.68. The highest BCUT2D eigenvalue weighted by atomic mass is 32.2. The van der Waals surface area contributed by atoms with Crippen LogP contribution in [-0.2, 0) is 19.1 Å². The molecule has 4 fully saturated rings. The fraction of sp³-hybridized carbons (Fsp3) is 0.792. The van der Waals surface area contributed by atoms with Crippen LogP contribution in [0.4, 0.5) is 0 Å². The second-order valence-electron chi connectivity index (χ2n) is 9.75. The highest BCUT2D eigenvalue weighted by Crippen LogP contribution is 2.70. The van der Waals surface area contributed by atoms with E-state index in [-0.39, 0.29) is 35.4 Å². The maximum Gasteiger partial charge on any atom is 0.306 e. The van der Waals surface area contributed by atoms with Crippen molar-refractivity contribution in [3.63, 3.8) is 0 Å². The molecule has 1 heterocycles. The molecule has 5 aliphatic rings. The molecule has 158 valence electrons. The lowest BCUT2D eigenvalue weighted by molar-refractivity contribution is -0.167. The third-order valence-electron chi connectivity index (χ3n) is 8.54. The molecule has 0 amide bonds. The molecule has 0 N–H and O–H groups in total. The third-order valence-corrected chi connectivity index (χ3v) is 9.45. The topological polar surface area (TPSA) is 60.4 Å². The Morgan fingerprint density at radius 3 is 2.66 bits per heavy atom. The standard InChI is InChI=1S/C24H32O4S/c1-14(25)29-19-13-15-12-16(26)4-8-22(15,2)17-5-9-23(3)18(21(17)19)6-10-24(23)11-7-20(27)28-24/h12,17-19,21H,4-11,13H2,1-3H3/t17-,18-,19+,21+,22-,23-,24+/m0/s1/i4D2,7D2,12D,13D,19D/t13?,17-,18-,19+,21+,22-,23-,24+. The second kappa shape index (κ2) is 6.45. The van der Waals surface area contributed by atoms with Crippen LogP contribution in [0.5, 0.6) is 0 Å². The lowest BCUT2D eigenvalue weighted by Gasteiger charge is -2.61. The van der Waals surface area contributed by atoms with Gasteiger partial charge >= 0.3 is 5.97 Å². The van der Waals surface area contributed by atoms with Crippen LogP contribution in [0.3, 0.4) is 0 Å². The van der Waals surface area contributed by atoms with E-state index in [4.69, 9.17) is 11.6 Å². The van der Waals surface area contributed by atoms with E-state index in [1.807, 2.05) is 6.92 Å². The van der Waals surface area contributed by atoms with E-state index in [1.165, 1.54) is 6.92 Å². The fourth-order valence-corrected chi connectivity index (χ4v) is 7.94. The normalized spacial score (nSPS) is 61.0. The van der Waals surface area contributed by atoms with Gasteiger partial charge in [0.25, 0.3) is 0 Å². The summed E-state index contributed by atoms with van der Waals surface area (Å²) in [5, 5.41) is -2.07. The van der Waals surface area contributed by atoms with Crippen LogP contribution in [-0.4, -0.2) is 27.7 Å². The summed E-state index contributed by atoms with van der Waals surface area (Å²) in [5.74, 6) is -3.04. The number of thioether (sulfide) groups is 1. The number of esters is 1. The molecule has 0 aromatic rings. The largest absolute Gasteiger partial charge is 0.458 e. The number of hydrogen-bond acceptors (Lipinski definition) is 5. The Labute approximate surface area is 187 Å². The molecule has 1 unspecified atom stereocenters. The molecule has 1 saturated heterocycles. The van der Waals surface area contributed by atoms with Gasteiger partial charge in [0.1, 0.15) is 5.60 Å². The predicted octanol–water partition coefficient (Wildman–Crippen LogP) is 4.85. The van der Waals surface area contributed by atoms with E-state index in [0.29, 0.717) is 25.7 Å². The number of allylic oxidation sites excluding steroid dienone is 1. The monoisotopic (exact) mass is 423 g/mol. The summed E-state index contributed by atoms with van der Waals surface area (Å²) in [6, 6.07) is -0.540. The van der Waals surface area contributed by atoms with Gasteiger partial charge in [-0.1, -0.05) is 31.2 Å². The number of fused-ring (bicyclic) bond motifs is 6. The minimum absolute atomic E-state index is 0.0747. The zero-order valence-electron chi connectivity index (χ0n) is 24.1. The van der Waals surface area contributed by atoms with Crippen molar-refractivity contribution in [2.24, 2.45) is 28.6 Å². The summed E-state index contributed by atoms with van der Waals surface area (Å²) in [7, 11) is 0. The zero-order chi connectivity index (χ0) is 26.9. The van der Waals surface area contributed by atoms with Gasteiger partial charge < -0.3 is 4.74 Å². The molecular weight excluding hydrogens is 384 g/mol. The molecule has 0 aromatic carbocycles. The lowest BCUT2D eigenvalue weighted by atomic mass is 9.46. The first-order chi connectivity index (χ1) is 16.4. The van der Waals surface area contributed by atoms with Crippen LogP contribution in [0.2, 0.25) is 0 Å². The Morgan fingerprint density at radius 2 is 1.97 bits per heavy atom. The molecule has 3 saturated carbocycles. The predicted molar refractivity (Wildman–Crippen MR) is 112 cm³/mol. The smallest absolute Gasteiger partial charge is 0.306 e. The molecule has 0 bridgehead atoms. The van der Waals surface area contributed by atoms with Crippen LogP contribution in [0.25, 0.3) is 0 Å². The summed E-state index contributed by atoms with van der Waals surface area (Å²) in [6.45, 7) is 5.11. The molecule has 0 aromatic heterocycles. The van der Waals surface area contributed by atoms with Gasteiger partial charge in [-0.3, -0.25) is 14.4 Å². The van der Waals surface area contributed by atoms with Gasteiger partial charge in [0.2, 0.25) is 0 Å². The molecule has 5 heteroatoms. The van der Waals surface area contributed by atoms with Crippen molar-refractivity contribution >= 4 is 28.6 Å². The van der Waals surface area contributed by atoms with E-state index in [0.717, 1.165) is 11.8 Å². The average molecular weight is 424 g/mol. The summed E-state index contributed by atoms with van der Waals surface area (Å²) in [6.07, 6.45) is -4.04. The van der Waals surface area contributed by atoms with Crippen LogP contribution >= 0.6 is 11.8 Å². The maximum absolute atomic E-state index is 12.8. The van der Waals surface area contributed by atoms with Crippen LogP contribution in [0, 0.1) is 28.6 Å². The van der Waals surface area contributed by atoms with Crippen LogP contribution < -0.4 is 0 Å². The van der Waals surface area contributed by atoms with Crippen molar-refractivity contribution in [1.29, 1.82) is 0 Å². The number of carbonyl (C=O) groups is 3. The first-order valence-corrected chi connectivity index (χ1v) is 11.3. The summed E-state index contributed by atoms with van der Waals surface area (Å²) in [5.41, 5.74) is -2.56. The number of ether oxygens (including phenoxy) is 1. The second-order valence-corrected chi connectivity index (χ2v) is 11.0. The fourth-order valence-electron chi connectivity index (χ4n) is 6.97. The number of ketones is 1. The van der Waals surface area contributed by atoms with Crippen molar-refractivity contribution < 1.29 is 28.7 Å². The Balaban J connectivity index is 1.68. The van der Waals surface area contributed by atoms with Gasteiger partial charge in [0, 0.05) is 38.5 Å². The summed E-state index contributed by atoms with van der Waals surface area (Å²) in [4.78, 5) is 37.6. The molecule has 5 rings (SSSR count). The SMILES string of the molecule is [2H]C1=C2C([2H])[C@@]([2H])(SC(C)=O)[C@@H]3[C@H](CC[C@@]4(C)[C@H]3CC[C@@]43CC([2H])([2H])C(=O)O3)[C@@]2(C)CC([2H])([2H])C1=O. The van der Waals surface area contributed by atoms with Gasteiger partial charge in [0.15, 0.2) is 10.9 Å². The van der Waals surface area contributed by atoms with Crippen molar-refractivity contribution in [2.75, 3.05) is 0 Å². The maximum atomic E-state index is 12.8. The van der Waals surface area contributed by atoms with Gasteiger partial charge in [-0.15, -0.1) is 0 Å². The van der Waals surface area contributed by atoms with Gasteiger partial charge in [-0.2, -0.15) is 0 Å². The first kappa shape index (κ1) is 13.3. The molecule has 29 heavy (non-hydrogen) atoms. The molecule has 1 aliphatic heterocycles. The first-order valence-electron chi connectivity index (χ1n) is 14.1. The summed E-state index contributed by atoms with van der Waals surface area (Å²) >= 11 is 0.744. The molecule has 4 nitrogen and oxygen atoms in total. The van der Waals surface area contributed by atoms with Crippen molar-refractivity contribution in [3.8, 4) is 0 Å². The van der Waals surface area contributed by atoms with Crippen molar-refractivity contribution in [1.82, 2.24) is 0 Å². The number of hydrogen-bond donors (Lipinski definition) is 0. The molecular formula is C24H32O4S. The average Bonchev–Trinajstić information content (AvgIpc) is 3.14. The zero-order valence-corrected chi connectivity index (χ0v) is 17.9. The Morgan fingerprint density at radius 1 is 1.21 bits per heavy atom. The van der Waals surface area contributed by atoms with E-state index < -0.39 is 64.5 Å². The van der Waals surface area contributed by atoms with E-state index in [2.05, 4.69) is 0 Å². The van der Waals surface area contributed by atoms with Crippen molar-refractivity contribution in [3.05, 3.63) is 11.6 Å². The molecule has 8 atom stereocenters. The Hall–Kier alpha value is -1.10. The highest BCUT2D eigenvalue weighted by molar-refractivity contribution is 8.14. The van der Waals surface area contributed by atoms with E-state index in [1.54, 1.807) is 6.92 Å². The molecule has 4 aliphatic carbocycles.